The second-order valence-electron chi connectivity index (χ2n) is 6.28. The Hall–Kier alpha value is -1.13. The Balaban J connectivity index is 1.79. The summed E-state index contributed by atoms with van der Waals surface area (Å²) in [5.74, 6) is -0.325. The van der Waals surface area contributed by atoms with E-state index in [1.54, 1.807) is 12.3 Å². The number of rotatable bonds is 1. The van der Waals surface area contributed by atoms with Crippen molar-refractivity contribution in [2.75, 3.05) is 0 Å². The molecule has 110 valence electrons. The Kier molecular flexibility index (Phi) is 3.19. The maximum absolute atomic E-state index is 14.5. The van der Waals surface area contributed by atoms with E-state index in [1.807, 2.05) is 23.9 Å². The van der Waals surface area contributed by atoms with E-state index in [9.17, 15) is 9.50 Å². The molecule has 0 spiro atoms. The lowest BCUT2D eigenvalue weighted by Gasteiger charge is -2.44. The van der Waals surface area contributed by atoms with Gasteiger partial charge in [0.2, 0.25) is 0 Å². The fourth-order valence-corrected chi connectivity index (χ4v) is 5.68. The molecule has 0 saturated carbocycles. The Labute approximate surface area is 127 Å². The first kappa shape index (κ1) is 13.5. The molecule has 1 aromatic heterocycles. The maximum atomic E-state index is 14.5. The summed E-state index contributed by atoms with van der Waals surface area (Å²) in [6.07, 6.45) is 6.51. The van der Waals surface area contributed by atoms with E-state index in [-0.39, 0.29) is 5.82 Å². The Morgan fingerprint density at radius 3 is 2.76 bits per heavy atom. The van der Waals surface area contributed by atoms with Gasteiger partial charge in [-0.25, -0.2) is 4.39 Å². The highest BCUT2D eigenvalue weighted by Crippen LogP contribution is 2.50. The van der Waals surface area contributed by atoms with Gasteiger partial charge in [0.15, 0.2) is 0 Å². The molecule has 4 heteroatoms. The minimum Gasteiger partial charge on any atom is -0.385 e. The van der Waals surface area contributed by atoms with Crippen LogP contribution in [0.1, 0.15) is 37.7 Å². The van der Waals surface area contributed by atoms with Crippen LogP contribution >= 0.6 is 11.8 Å². The van der Waals surface area contributed by atoms with Crippen molar-refractivity contribution < 1.29 is 9.50 Å². The first-order valence-corrected chi connectivity index (χ1v) is 8.51. The first-order valence-electron chi connectivity index (χ1n) is 7.57. The zero-order valence-electron chi connectivity index (χ0n) is 11.8. The maximum Gasteiger partial charge on any atom is 0.131 e. The van der Waals surface area contributed by atoms with E-state index in [1.165, 1.54) is 12.5 Å². The molecule has 2 aromatic rings. The smallest absolute Gasteiger partial charge is 0.131 e. The normalized spacial score (nSPS) is 32.3. The number of aromatic nitrogens is 1. The molecular formula is C17H18FNOS. The number of benzene rings is 1. The van der Waals surface area contributed by atoms with Crippen LogP contribution in [-0.4, -0.2) is 20.6 Å². The van der Waals surface area contributed by atoms with Gasteiger partial charge in [-0.2, -0.15) is 11.8 Å². The highest BCUT2D eigenvalue weighted by atomic mass is 32.2. The van der Waals surface area contributed by atoms with E-state index in [2.05, 4.69) is 4.98 Å². The van der Waals surface area contributed by atoms with Gasteiger partial charge in [0.05, 0.1) is 11.1 Å². The number of fused-ring (bicyclic) bond motifs is 3. The van der Waals surface area contributed by atoms with Crippen molar-refractivity contribution in [2.45, 2.75) is 48.2 Å². The second kappa shape index (κ2) is 4.96. The minimum absolute atomic E-state index is 0.325. The van der Waals surface area contributed by atoms with E-state index in [0.29, 0.717) is 34.4 Å². The molecular weight excluding hydrogens is 285 g/mol. The fourth-order valence-electron chi connectivity index (χ4n) is 3.79. The van der Waals surface area contributed by atoms with Crippen LogP contribution in [0.4, 0.5) is 4.39 Å². The van der Waals surface area contributed by atoms with Crippen LogP contribution in [0.2, 0.25) is 0 Å². The van der Waals surface area contributed by atoms with Crippen LogP contribution in [0.3, 0.4) is 0 Å². The summed E-state index contributed by atoms with van der Waals surface area (Å²) < 4.78 is 14.5. The monoisotopic (exact) mass is 303 g/mol. The number of aliphatic hydroxyl groups is 1. The van der Waals surface area contributed by atoms with Gasteiger partial charge in [-0.05, 0) is 37.8 Å². The highest BCUT2D eigenvalue weighted by molar-refractivity contribution is 8.00. The van der Waals surface area contributed by atoms with Crippen molar-refractivity contribution in [3.05, 3.63) is 41.8 Å². The van der Waals surface area contributed by atoms with Gasteiger partial charge in [0.25, 0.3) is 0 Å². The molecule has 2 unspecified atom stereocenters. The van der Waals surface area contributed by atoms with Crippen LogP contribution in [0.5, 0.6) is 0 Å². The molecule has 21 heavy (non-hydrogen) atoms. The summed E-state index contributed by atoms with van der Waals surface area (Å²) >= 11 is 1.98. The first-order chi connectivity index (χ1) is 10.1. The third kappa shape index (κ3) is 2.34. The van der Waals surface area contributed by atoms with Gasteiger partial charge < -0.3 is 5.11 Å². The van der Waals surface area contributed by atoms with Crippen molar-refractivity contribution in [1.29, 1.82) is 0 Å². The summed E-state index contributed by atoms with van der Waals surface area (Å²) in [6, 6.07) is 7.02. The van der Waals surface area contributed by atoms with Crippen molar-refractivity contribution in [2.24, 2.45) is 0 Å². The van der Waals surface area contributed by atoms with Gasteiger partial charge in [0, 0.05) is 33.7 Å². The van der Waals surface area contributed by atoms with Gasteiger partial charge in [-0.3, -0.25) is 4.98 Å². The summed E-state index contributed by atoms with van der Waals surface area (Å²) in [6.45, 7) is 0. The highest BCUT2D eigenvalue weighted by Gasteiger charge is 2.43. The van der Waals surface area contributed by atoms with Crippen LogP contribution in [0.15, 0.2) is 30.5 Å². The standard InChI is InChI=1S/C17H18FNOS/c18-15-8-16-11(3-2-6-19-16)7-14(15)17(20)9-12-4-1-5-13(10-17)21-12/h2-3,6-8,12-13,20H,1,4-5,9-10H2. The van der Waals surface area contributed by atoms with E-state index >= 15 is 0 Å². The summed E-state index contributed by atoms with van der Waals surface area (Å²) in [7, 11) is 0. The summed E-state index contributed by atoms with van der Waals surface area (Å²) in [5.41, 5.74) is 0.0858. The number of thioether (sulfide) groups is 1. The number of nitrogens with zero attached hydrogens (tertiary/aromatic N) is 1. The quantitative estimate of drug-likeness (QED) is 0.864. The third-order valence-electron chi connectivity index (χ3n) is 4.76. The van der Waals surface area contributed by atoms with Crippen molar-refractivity contribution in [1.82, 2.24) is 4.98 Å². The molecule has 0 aliphatic carbocycles. The largest absolute Gasteiger partial charge is 0.385 e. The topological polar surface area (TPSA) is 33.1 Å². The van der Waals surface area contributed by atoms with Crippen LogP contribution in [0.25, 0.3) is 10.9 Å². The second-order valence-corrected chi connectivity index (χ2v) is 7.88. The predicted octanol–water partition coefficient (Wildman–Crippen LogP) is 4.01. The zero-order chi connectivity index (χ0) is 14.4. The molecule has 2 saturated heterocycles. The summed E-state index contributed by atoms with van der Waals surface area (Å²) in [4.78, 5) is 4.18. The van der Waals surface area contributed by atoms with Crippen molar-refractivity contribution in [3.63, 3.8) is 0 Å². The number of hydrogen-bond acceptors (Lipinski definition) is 3. The SMILES string of the molecule is OC1(c2cc3cccnc3cc2F)CC2CCCC(C1)S2. The summed E-state index contributed by atoms with van der Waals surface area (Å²) in [5, 5.41) is 12.9. The van der Waals surface area contributed by atoms with E-state index < -0.39 is 5.60 Å². The molecule has 2 aliphatic rings. The lowest BCUT2D eigenvalue weighted by molar-refractivity contribution is 0.00508. The van der Waals surface area contributed by atoms with Gasteiger partial charge >= 0.3 is 0 Å². The van der Waals surface area contributed by atoms with Crippen LogP contribution in [-0.2, 0) is 5.60 Å². The number of hydrogen-bond donors (Lipinski definition) is 1. The molecule has 4 rings (SSSR count). The Morgan fingerprint density at radius 1 is 1.24 bits per heavy atom. The third-order valence-corrected chi connectivity index (χ3v) is 6.34. The molecule has 2 nitrogen and oxygen atoms in total. The molecule has 2 bridgehead atoms. The number of halogens is 1. The van der Waals surface area contributed by atoms with Crippen molar-refractivity contribution >= 4 is 22.7 Å². The molecule has 0 amide bonds. The molecule has 2 atom stereocenters. The molecule has 1 aromatic carbocycles. The fraction of sp³-hybridized carbons (Fsp3) is 0.471. The average Bonchev–Trinajstić information content (AvgIpc) is 2.46. The molecule has 0 radical (unpaired) electrons. The van der Waals surface area contributed by atoms with Gasteiger partial charge in [-0.15, -0.1) is 0 Å². The predicted molar refractivity (Wildman–Crippen MR) is 83.8 cm³/mol. The van der Waals surface area contributed by atoms with Crippen molar-refractivity contribution in [3.8, 4) is 0 Å². The Morgan fingerprint density at radius 2 is 2.00 bits per heavy atom. The van der Waals surface area contributed by atoms with Crippen LogP contribution in [0, 0.1) is 5.82 Å². The molecule has 2 fully saturated rings. The van der Waals surface area contributed by atoms with E-state index in [0.717, 1.165) is 18.2 Å². The molecule has 2 aliphatic heterocycles. The van der Waals surface area contributed by atoms with Crippen LogP contribution < -0.4 is 0 Å². The lowest BCUT2D eigenvalue weighted by Crippen LogP contribution is -2.41. The van der Waals surface area contributed by atoms with Gasteiger partial charge in [-0.1, -0.05) is 12.5 Å². The average molecular weight is 303 g/mol. The molecule has 3 heterocycles. The molecule has 1 N–H and O–H groups in total. The Bertz CT molecular complexity index is 678. The van der Waals surface area contributed by atoms with E-state index in [4.69, 9.17) is 0 Å². The zero-order valence-corrected chi connectivity index (χ0v) is 12.6. The lowest BCUT2D eigenvalue weighted by atomic mass is 9.80. The number of pyridine rings is 1. The minimum atomic E-state index is -1.02. The van der Waals surface area contributed by atoms with Gasteiger partial charge in [0.1, 0.15) is 5.82 Å².